The molecule has 1 aromatic rings. The molecular weight excluding hydrogens is 190 g/mol. The number of benzene rings is 1. The van der Waals surface area contributed by atoms with Gasteiger partial charge in [0.15, 0.2) is 0 Å². The number of ether oxygens (including phenoxy) is 1. The van der Waals surface area contributed by atoms with E-state index >= 15 is 0 Å². The van der Waals surface area contributed by atoms with E-state index in [1.165, 1.54) is 0 Å². The second-order valence-corrected chi connectivity index (χ2v) is 3.77. The highest BCUT2D eigenvalue weighted by molar-refractivity contribution is 5.41. The lowest BCUT2D eigenvalue weighted by Gasteiger charge is -2.25. The van der Waals surface area contributed by atoms with Gasteiger partial charge in [-0.3, -0.25) is 0 Å². The van der Waals surface area contributed by atoms with E-state index in [1.54, 1.807) is 0 Å². The summed E-state index contributed by atoms with van der Waals surface area (Å²) >= 11 is 0. The van der Waals surface area contributed by atoms with Crippen molar-refractivity contribution in [2.45, 2.75) is 19.4 Å². The molecule has 3 heteroatoms. The highest BCUT2D eigenvalue weighted by Gasteiger charge is 2.19. The third kappa shape index (κ3) is 2.13. The maximum atomic E-state index is 10.0. The lowest BCUT2D eigenvalue weighted by molar-refractivity contribution is 0.0262. The highest BCUT2D eigenvalue weighted by Crippen LogP contribution is 2.30. The lowest BCUT2D eigenvalue weighted by Crippen LogP contribution is -2.33. The van der Waals surface area contributed by atoms with Gasteiger partial charge in [0.05, 0.1) is 12.7 Å². The molecule has 3 nitrogen and oxygen atoms in total. The quantitative estimate of drug-likeness (QED) is 0.774. The predicted octanol–water partition coefficient (Wildman–Crippen LogP) is 1.62. The van der Waals surface area contributed by atoms with E-state index in [0.717, 1.165) is 30.6 Å². The number of phenols is 1. The average Bonchev–Trinajstić information content (AvgIpc) is 2.30. The van der Waals surface area contributed by atoms with Crippen molar-refractivity contribution in [1.29, 1.82) is 0 Å². The molecule has 82 valence electrons. The number of para-hydroxylation sites is 1. The summed E-state index contributed by atoms with van der Waals surface area (Å²) in [6, 6.07) is 5.87. The van der Waals surface area contributed by atoms with Gasteiger partial charge in [-0.05, 0) is 12.0 Å². The fourth-order valence-corrected chi connectivity index (χ4v) is 1.92. The molecule has 0 aromatic heterocycles. The lowest BCUT2D eigenvalue weighted by atomic mass is 10.0. The van der Waals surface area contributed by atoms with Crippen LogP contribution in [0.2, 0.25) is 0 Å². The second kappa shape index (κ2) is 4.64. The van der Waals surface area contributed by atoms with Crippen LogP contribution in [0, 0.1) is 0 Å². The number of hydrogen-bond acceptors (Lipinski definition) is 3. The van der Waals surface area contributed by atoms with Crippen LogP contribution in [0.3, 0.4) is 0 Å². The van der Waals surface area contributed by atoms with Crippen molar-refractivity contribution in [3.63, 3.8) is 0 Å². The van der Waals surface area contributed by atoms with Crippen LogP contribution < -0.4 is 5.32 Å². The summed E-state index contributed by atoms with van der Waals surface area (Å²) in [4.78, 5) is 0. The summed E-state index contributed by atoms with van der Waals surface area (Å²) in [5.41, 5.74) is 1.89. The topological polar surface area (TPSA) is 41.5 Å². The Labute approximate surface area is 90.1 Å². The number of aromatic hydroxyl groups is 1. The van der Waals surface area contributed by atoms with Crippen molar-refractivity contribution in [3.05, 3.63) is 29.3 Å². The summed E-state index contributed by atoms with van der Waals surface area (Å²) in [6.45, 7) is 4.42. The Morgan fingerprint density at radius 1 is 1.53 bits per heavy atom. The van der Waals surface area contributed by atoms with Crippen molar-refractivity contribution in [2.75, 3.05) is 19.7 Å². The summed E-state index contributed by atoms with van der Waals surface area (Å²) in [6.07, 6.45) is 0.838. The zero-order valence-electron chi connectivity index (χ0n) is 8.99. The Balaban J connectivity index is 2.26. The molecule has 15 heavy (non-hydrogen) atoms. The maximum Gasteiger partial charge on any atom is 0.124 e. The van der Waals surface area contributed by atoms with Crippen LogP contribution >= 0.6 is 0 Å². The highest BCUT2D eigenvalue weighted by atomic mass is 16.5. The standard InChI is InChI=1S/C12H17NO2/c1-2-9-4-3-5-10(12(9)14)11-8-13-6-7-15-11/h3-5,11,13-14H,2,6-8H2,1H3. The van der Waals surface area contributed by atoms with Gasteiger partial charge in [0.2, 0.25) is 0 Å². The van der Waals surface area contributed by atoms with Gasteiger partial charge in [0, 0.05) is 18.7 Å². The SMILES string of the molecule is CCc1cccc(C2CNCCO2)c1O. The minimum atomic E-state index is -0.00903. The predicted molar refractivity (Wildman–Crippen MR) is 59.0 cm³/mol. The second-order valence-electron chi connectivity index (χ2n) is 3.77. The van der Waals surface area contributed by atoms with Crippen LogP contribution in [0.5, 0.6) is 5.75 Å². The zero-order valence-corrected chi connectivity index (χ0v) is 8.99. The molecule has 1 aromatic carbocycles. The van der Waals surface area contributed by atoms with Gasteiger partial charge in [-0.1, -0.05) is 25.1 Å². The summed E-state index contributed by atoms with van der Waals surface area (Å²) < 4.78 is 5.62. The van der Waals surface area contributed by atoms with Crippen molar-refractivity contribution in [2.24, 2.45) is 0 Å². The largest absolute Gasteiger partial charge is 0.507 e. The first-order valence-electron chi connectivity index (χ1n) is 5.46. The molecule has 1 aliphatic rings. The molecule has 1 heterocycles. The van der Waals surface area contributed by atoms with Crippen LogP contribution in [0.25, 0.3) is 0 Å². The smallest absolute Gasteiger partial charge is 0.124 e. The number of morpholine rings is 1. The monoisotopic (exact) mass is 207 g/mol. The molecule has 1 saturated heterocycles. The molecule has 0 bridgehead atoms. The van der Waals surface area contributed by atoms with E-state index in [0.29, 0.717) is 12.4 Å². The van der Waals surface area contributed by atoms with E-state index in [4.69, 9.17) is 4.74 Å². The van der Waals surface area contributed by atoms with Gasteiger partial charge in [-0.2, -0.15) is 0 Å². The number of rotatable bonds is 2. The van der Waals surface area contributed by atoms with Gasteiger partial charge in [-0.25, -0.2) is 0 Å². The van der Waals surface area contributed by atoms with Crippen LogP contribution in [0.15, 0.2) is 18.2 Å². The number of aryl methyl sites for hydroxylation is 1. The van der Waals surface area contributed by atoms with E-state index < -0.39 is 0 Å². The fraction of sp³-hybridized carbons (Fsp3) is 0.500. The summed E-state index contributed by atoms with van der Waals surface area (Å²) in [5.74, 6) is 0.397. The summed E-state index contributed by atoms with van der Waals surface area (Å²) in [5, 5.41) is 13.3. The van der Waals surface area contributed by atoms with Crippen LogP contribution in [-0.2, 0) is 11.2 Å². The molecule has 0 amide bonds. The third-order valence-corrected chi connectivity index (χ3v) is 2.81. The Morgan fingerprint density at radius 3 is 3.07 bits per heavy atom. The molecule has 0 spiro atoms. The van der Waals surface area contributed by atoms with E-state index in [1.807, 2.05) is 25.1 Å². The normalized spacial score (nSPS) is 21.5. The molecule has 0 radical (unpaired) electrons. The number of hydrogen-bond donors (Lipinski definition) is 2. The Morgan fingerprint density at radius 2 is 2.40 bits per heavy atom. The van der Waals surface area contributed by atoms with Crippen LogP contribution in [0.4, 0.5) is 0 Å². The first kappa shape index (κ1) is 10.5. The molecule has 0 aliphatic carbocycles. The Kier molecular flexibility index (Phi) is 3.23. The van der Waals surface area contributed by atoms with Gasteiger partial charge in [0.1, 0.15) is 5.75 Å². The van der Waals surface area contributed by atoms with E-state index in [2.05, 4.69) is 5.32 Å². The molecule has 1 fully saturated rings. The van der Waals surface area contributed by atoms with Crippen LogP contribution in [-0.4, -0.2) is 24.8 Å². The van der Waals surface area contributed by atoms with E-state index in [9.17, 15) is 5.11 Å². The molecule has 2 N–H and O–H groups in total. The van der Waals surface area contributed by atoms with Gasteiger partial charge in [0.25, 0.3) is 0 Å². The Hall–Kier alpha value is -1.06. The molecule has 1 atom stereocenters. The first-order valence-corrected chi connectivity index (χ1v) is 5.46. The van der Waals surface area contributed by atoms with Gasteiger partial charge >= 0.3 is 0 Å². The van der Waals surface area contributed by atoms with Crippen LogP contribution in [0.1, 0.15) is 24.2 Å². The molecule has 1 aliphatic heterocycles. The van der Waals surface area contributed by atoms with E-state index in [-0.39, 0.29) is 6.10 Å². The third-order valence-electron chi connectivity index (χ3n) is 2.81. The summed E-state index contributed by atoms with van der Waals surface area (Å²) in [7, 11) is 0. The molecule has 0 saturated carbocycles. The fourth-order valence-electron chi connectivity index (χ4n) is 1.92. The minimum absolute atomic E-state index is 0.00903. The minimum Gasteiger partial charge on any atom is -0.507 e. The molecule has 1 unspecified atom stereocenters. The van der Waals surface area contributed by atoms with Crippen molar-refractivity contribution >= 4 is 0 Å². The van der Waals surface area contributed by atoms with Gasteiger partial charge < -0.3 is 15.2 Å². The molecule has 2 rings (SSSR count). The van der Waals surface area contributed by atoms with Crippen molar-refractivity contribution < 1.29 is 9.84 Å². The van der Waals surface area contributed by atoms with Gasteiger partial charge in [-0.15, -0.1) is 0 Å². The number of phenolic OH excluding ortho intramolecular Hbond substituents is 1. The zero-order chi connectivity index (χ0) is 10.7. The first-order chi connectivity index (χ1) is 7.33. The number of nitrogens with one attached hydrogen (secondary N) is 1. The maximum absolute atomic E-state index is 10.0. The Bertz CT molecular complexity index is 332. The molecular formula is C12H17NO2. The average molecular weight is 207 g/mol. The van der Waals surface area contributed by atoms with Crippen molar-refractivity contribution in [3.8, 4) is 5.75 Å². The van der Waals surface area contributed by atoms with Crippen molar-refractivity contribution in [1.82, 2.24) is 5.32 Å².